The summed E-state index contributed by atoms with van der Waals surface area (Å²) in [7, 11) is 0. The summed E-state index contributed by atoms with van der Waals surface area (Å²) in [5, 5.41) is 5.28. The van der Waals surface area contributed by atoms with Gasteiger partial charge in [0.1, 0.15) is 0 Å². The highest BCUT2D eigenvalue weighted by Crippen LogP contribution is 2.24. The first-order valence-corrected chi connectivity index (χ1v) is 8.09. The number of hydrogen-bond donors (Lipinski definition) is 1. The van der Waals surface area contributed by atoms with E-state index in [1.54, 1.807) is 42.7 Å². The molecule has 3 rings (SSSR count). The molecule has 0 bridgehead atoms. The van der Waals surface area contributed by atoms with Crippen LogP contribution in [0.4, 0.5) is 5.69 Å². The fraction of sp³-hybridized carbons (Fsp3) is 0.0556. The van der Waals surface area contributed by atoms with Gasteiger partial charge in [-0.05, 0) is 36.4 Å². The molecule has 1 aromatic carbocycles. The first-order valence-electron chi connectivity index (χ1n) is 7.21. The lowest BCUT2D eigenvalue weighted by molar-refractivity contribution is -0.114. The Labute approximate surface area is 142 Å². The molecule has 0 saturated carbocycles. The maximum atomic E-state index is 12.2. The molecular weight excluding hydrogens is 324 g/mol. The second kappa shape index (κ2) is 7.06. The van der Waals surface area contributed by atoms with Crippen LogP contribution in [0, 0.1) is 0 Å². The zero-order valence-corrected chi connectivity index (χ0v) is 13.7. The van der Waals surface area contributed by atoms with E-state index in [9.17, 15) is 9.59 Å². The van der Waals surface area contributed by atoms with Crippen LogP contribution in [0.15, 0.2) is 58.5 Å². The van der Waals surface area contributed by atoms with Gasteiger partial charge >= 0.3 is 0 Å². The molecule has 24 heavy (non-hydrogen) atoms. The van der Waals surface area contributed by atoms with Crippen LogP contribution < -0.4 is 5.32 Å². The zero-order chi connectivity index (χ0) is 16.9. The molecule has 0 saturated heterocycles. The Bertz CT molecular complexity index is 895. The lowest BCUT2D eigenvalue weighted by Crippen LogP contribution is -2.06. The van der Waals surface area contributed by atoms with Crippen molar-refractivity contribution in [3.63, 3.8) is 0 Å². The number of benzene rings is 1. The van der Waals surface area contributed by atoms with Crippen molar-refractivity contribution in [2.45, 2.75) is 6.92 Å². The van der Waals surface area contributed by atoms with Crippen molar-refractivity contribution in [3.8, 4) is 10.8 Å². The van der Waals surface area contributed by atoms with Gasteiger partial charge in [0.2, 0.25) is 5.91 Å². The van der Waals surface area contributed by atoms with Crippen molar-refractivity contribution < 1.29 is 14.0 Å². The van der Waals surface area contributed by atoms with Gasteiger partial charge in [0.25, 0.3) is 0 Å². The number of nitrogens with one attached hydrogen (secondary N) is 1. The van der Waals surface area contributed by atoms with Gasteiger partial charge in [-0.15, -0.1) is 11.3 Å². The lowest BCUT2D eigenvalue weighted by Gasteiger charge is -2.03. The van der Waals surface area contributed by atoms with Crippen molar-refractivity contribution >= 4 is 34.8 Å². The highest BCUT2D eigenvalue weighted by molar-refractivity contribution is 7.13. The molecule has 0 aliphatic rings. The number of anilines is 1. The predicted molar refractivity (Wildman–Crippen MR) is 93.9 cm³/mol. The summed E-state index contributed by atoms with van der Waals surface area (Å²) < 4.78 is 5.30. The highest BCUT2D eigenvalue weighted by atomic mass is 32.1. The first kappa shape index (κ1) is 15.9. The number of amides is 1. The van der Waals surface area contributed by atoms with Crippen LogP contribution in [0.5, 0.6) is 0 Å². The molecule has 0 aliphatic carbocycles. The molecule has 0 unspecified atom stereocenters. The minimum Gasteiger partial charge on any atom is -0.462 e. The fourth-order valence-electron chi connectivity index (χ4n) is 2.09. The Morgan fingerprint density at radius 3 is 2.88 bits per heavy atom. The quantitative estimate of drug-likeness (QED) is 0.557. The molecule has 2 heterocycles. The third-order valence-electron chi connectivity index (χ3n) is 3.13. The second-order valence-electron chi connectivity index (χ2n) is 5.01. The SMILES string of the molecule is CC(=O)Nc1cccc(C(=O)C=Cc2csc(-c3ccco3)n2)c1. The summed E-state index contributed by atoms with van der Waals surface area (Å²) in [4.78, 5) is 27.7. The molecule has 0 radical (unpaired) electrons. The maximum absolute atomic E-state index is 12.2. The van der Waals surface area contributed by atoms with E-state index in [2.05, 4.69) is 10.3 Å². The zero-order valence-electron chi connectivity index (χ0n) is 12.9. The van der Waals surface area contributed by atoms with Gasteiger partial charge in [0.15, 0.2) is 16.6 Å². The van der Waals surface area contributed by atoms with Gasteiger partial charge in [-0.25, -0.2) is 4.98 Å². The van der Waals surface area contributed by atoms with Crippen molar-refractivity contribution in [1.82, 2.24) is 4.98 Å². The van der Waals surface area contributed by atoms with E-state index >= 15 is 0 Å². The predicted octanol–water partition coefficient (Wildman–Crippen LogP) is 4.26. The monoisotopic (exact) mass is 338 g/mol. The number of aromatic nitrogens is 1. The fourth-order valence-corrected chi connectivity index (χ4v) is 2.84. The summed E-state index contributed by atoms with van der Waals surface area (Å²) in [6.07, 6.45) is 4.72. The average molecular weight is 338 g/mol. The Hall–Kier alpha value is -2.99. The van der Waals surface area contributed by atoms with Crippen LogP contribution in [0.25, 0.3) is 16.8 Å². The van der Waals surface area contributed by atoms with Gasteiger partial charge < -0.3 is 9.73 Å². The molecule has 0 atom stereocenters. The van der Waals surface area contributed by atoms with E-state index < -0.39 is 0 Å². The number of allylic oxidation sites excluding steroid dienone is 1. The summed E-state index contributed by atoms with van der Waals surface area (Å²) >= 11 is 1.45. The Morgan fingerprint density at radius 1 is 1.25 bits per heavy atom. The van der Waals surface area contributed by atoms with Crippen LogP contribution in [-0.4, -0.2) is 16.7 Å². The van der Waals surface area contributed by atoms with Gasteiger partial charge in [0, 0.05) is 23.6 Å². The molecule has 2 aromatic heterocycles. The Morgan fingerprint density at radius 2 is 2.12 bits per heavy atom. The number of thiazole rings is 1. The minimum absolute atomic E-state index is 0.158. The summed E-state index contributed by atoms with van der Waals surface area (Å²) in [5.41, 5.74) is 1.78. The van der Waals surface area contributed by atoms with Crippen LogP contribution in [0.3, 0.4) is 0 Å². The maximum Gasteiger partial charge on any atom is 0.221 e. The largest absolute Gasteiger partial charge is 0.462 e. The van der Waals surface area contributed by atoms with Gasteiger partial charge in [-0.3, -0.25) is 9.59 Å². The number of carbonyl (C=O) groups excluding carboxylic acids is 2. The molecule has 120 valence electrons. The number of rotatable bonds is 5. The number of carbonyl (C=O) groups is 2. The third-order valence-corrected chi connectivity index (χ3v) is 4.00. The number of nitrogens with zero attached hydrogens (tertiary/aromatic N) is 1. The molecular formula is C18H14N2O3S. The molecule has 3 aromatic rings. The molecule has 6 heteroatoms. The van der Waals surface area contributed by atoms with Crippen LogP contribution in [0.2, 0.25) is 0 Å². The Kier molecular flexibility index (Phi) is 4.67. The van der Waals surface area contributed by atoms with E-state index in [1.165, 1.54) is 24.3 Å². The molecule has 0 spiro atoms. The van der Waals surface area contributed by atoms with Gasteiger partial charge in [-0.2, -0.15) is 0 Å². The van der Waals surface area contributed by atoms with E-state index in [-0.39, 0.29) is 11.7 Å². The Balaban J connectivity index is 1.72. The highest BCUT2D eigenvalue weighted by Gasteiger charge is 2.07. The summed E-state index contributed by atoms with van der Waals surface area (Å²) in [5.74, 6) is 0.367. The average Bonchev–Trinajstić information content (AvgIpc) is 3.23. The molecule has 1 amide bonds. The number of hydrogen-bond acceptors (Lipinski definition) is 5. The topological polar surface area (TPSA) is 72.2 Å². The van der Waals surface area contributed by atoms with Crippen LogP contribution in [-0.2, 0) is 4.79 Å². The van der Waals surface area contributed by atoms with Crippen molar-refractivity contribution in [3.05, 3.63) is 65.4 Å². The molecule has 0 aliphatic heterocycles. The normalized spacial score (nSPS) is 10.9. The smallest absolute Gasteiger partial charge is 0.221 e. The van der Waals surface area contributed by atoms with Crippen LogP contribution in [0.1, 0.15) is 23.0 Å². The van der Waals surface area contributed by atoms with Crippen molar-refractivity contribution in [1.29, 1.82) is 0 Å². The molecule has 1 N–H and O–H groups in total. The molecule has 0 fully saturated rings. The summed E-state index contributed by atoms with van der Waals surface area (Å²) in [6, 6.07) is 10.4. The minimum atomic E-state index is -0.178. The molecule has 5 nitrogen and oxygen atoms in total. The van der Waals surface area contributed by atoms with Crippen LogP contribution >= 0.6 is 11.3 Å². The standard InChI is InChI=1S/C18H14N2O3S/c1-12(21)19-14-5-2-4-13(10-14)16(22)8-7-15-11-24-18(20-15)17-6-3-9-23-17/h2-11H,1H3,(H,19,21). The number of ketones is 1. The van der Waals surface area contributed by atoms with Gasteiger partial charge in [0.05, 0.1) is 12.0 Å². The number of furan rings is 1. The second-order valence-corrected chi connectivity index (χ2v) is 5.87. The van der Waals surface area contributed by atoms with E-state index in [1.807, 2.05) is 11.4 Å². The van der Waals surface area contributed by atoms with E-state index in [0.29, 0.717) is 22.7 Å². The van der Waals surface area contributed by atoms with Gasteiger partial charge in [-0.1, -0.05) is 12.1 Å². The van der Waals surface area contributed by atoms with E-state index in [0.717, 1.165) is 5.01 Å². The summed E-state index contributed by atoms with van der Waals surface area (Å²) in [6.45, 7) is 1.42. The van der Waals surface area contributed by atoms with E-state index in [4.69, 9.17) is 4.42 Å². The van der Waals surface area contributed by atoms with Crippen molar-refractivity contribution in [2.24, 2.45) is 0 Å². The third kappa shape index (κ3) is 3.85. The van der Waals surface area contributed by atoms with Crippen molar-refractivity contribution in [2.75, 3.05) is 5.32 Å². The first-order chi connectivity index (χ1) is 11.6. The lowest BCUT2D eigenvalue weighted by atomic mass is 10.1.